The summed E-state index contributed by atoms with van der Waals surface area (Å²) in [4.78, 5) is 33.6. The molecule has 7 aromatic rings. The first-order chi connectivity index (χ1) is 27.0. The van der Waals surface area contributed by atoms with Crippen LogP contribution in [-0.4, -0.2) is 33.5 Å². The van der Waals surface area contributed by atoms with Gasteiger partial charge in [0.15, 0.2) is 0 Å². The molecular weight excluding hydrogens is 723 g/mol. The maximum absolute atomic E-state index is 15.3. The summed E-state index contributed by atoms with van der Waals surface area (Å²) in [5.74, 6) is -4.89. The molecule has 4 aromatic carbocycles. The van der Waals surface area contributed by atoms with Crippen LogP contribution >= 0.6 is 0 Å². The fourth-order valence-electron chi connectivity index (χ4n) is 6.02. The van der Waals surface area contributed by atoms with Gasteiger partial charge in [-0.05, 0) is 60.0 Å². The van der Waals surface area contributed by atoms with E-state index in [0.29, 0.717) is 33.6 Å². The van der Waals surface area contributed by atoms with Crippen molar-refractivity contribution < 1.29 is 31.7 Å². The second kappa shape index (κ2) is 16.2. The smallest absolute Gasteiger partial charge is 0.274 e. The highest BCUT2D eigenvalue weighted by atomic mass is 19.3. The Kier molecular flexibility index (Phi) is 10.8. The van der Waals surface area contributed by atoms with Crippen molar-refractivity contribution in [1.82, 2.24) is 20.4 Å². The van der Waals surface area contributed by atoms with Gasteiger partial charge in [-0.1, -0.05) is 84.0 Å². The lowest BCUT2D eigenvalue weighted by Crippen LogP contribution is -2.28. The minimum absolute atomic E-state index is 0.129. The van der Waals surface area contributed by atoms with Gasteiger partial charge in [-0.15, -0.1) is 0 Å². The number of aryl methyl sites for hydroxylation is 1. The second-order valence-electron chi connectivity index (χ2n) is 13.1. The van der Waals surface area contributed by atoms with Crippen LogP contribution in [0.15, 0.2) is 138 Å². The number of aromatic nitrogens is 3. The van der Waals surface area contributed by atoms with Crippen LogP contribution < -0.4 is 10.6 Å². The van der Waals surface area contributed by atoms with Crippen LogP contribution in [0.4, 0.5) is 23.4 Å². The summed E-state index contributed by atoms with van der Waals surface area (Å²) in [5, 5.41) is 9.18. The van der Waals surface area contributed by atoms with Gasteiger partial charge in [0.1, 0.15) is 17.3 Å². The number of halogens is 4. The summed E-state index contributed by atoms with van der Waals surface area (Å²) >= 11 is 0. The fraction of sp³-hybridized carbons (Fsp3) is 0.114. The van der Waals surface area contributed by atoms with Gasteiger partial charge in [0.05, 0.1) is 11.1 Å². The summed E-state index contributed by atoms with van der Waals surface area (Å²) < 4.78 is 64.6. The first-order valence-corrected chi connectivity index (χ1v) is 17.6. The van der Waals surface area contributed by atoms with E-state index in [9.17, 15) is 22.8 Å². The molecule has 0 fully saturated rings. The average molecular weight is 756 g/mol. The summed E-state index contributed by atoms with van der Waals surface area (Å²) in [5.41, 5.74) is 5.33. The van der Waals surface area contributed by atoms with Crippen LogP contribution in [0.5, 0.6) is 0 Å². The monoisotopic (exact) mass is 755 g/mol. The van der Waals surface area contributed by atoms with Crippen molar-refractivity contribution in [3.05, 3.63) is 179 Å². The van der Waals surface area contributed by atoms with Crippen molar-refractivity contribution in [2.45, 2.75) is 25.7 Å². The number of anilines is 1. The Hall–Kier alpha value is -6.95. The lowest BCUT2D eigenvalue weighted by atomic mass is 9.98. The molecule has 7 rings (SSSR count). The number of carbonyl (C=O) groups is 2. The van der Waals surface area contributed by atoms with E-state index in [1.807, 2.05) is 0 Å². The first kappa shape index (κ1) is 37.4. The molecule has 8 nitrogen and oxygen atoms in total. The molecule has 3 aromatic heterocycles. The number of pyridine rings is 2. The molecule has 0 spiro atoms. The molecule has 2 amide bonds. The first-order valence-electron chi connectivity index (χ1n) is 17.6. The van der Waals surface area contributed by atoms with Gasteiger partial charge in [-0.25, -0.2) is 17.6 Å². The van der Waals surface area contributed by atoms with Crippen LogP contribution in [0.3, 0.4) is 0 Å². The van der Waals surface area contributed by atoms with Gasteiger partial charge in [0.25, 0.3) is 17.7 Å². The SMILES string of the molecule is Cc1ccc(C(=O)NCCC(F)(F)c2ccc(-c3ccc(Cc4ccc(C(=O)Nc5cc(-c6ccc(-c7ccccc7F)cc6)no5)cn4)cc3F)cc2)cn1. The third-order valence-corrected chi connectivity index (χ3v) is 9.13. The highest BCUT2D eigenvalue weighted by molar-refractivity contribution is 6.03. The number of alkyl halides is 2. The van der Waals surface area contributed by atoms with E-state index in [0.717, 1.165) is 11.3 Å². The van der Waals surface area contributed by atoms with Crippen molar-refractivity contribution in [1.29, 1.82) is 0 Å². The standard InChI is InChI=1S/C44H33F4N5O3/c1-27-6-8-32(25-50-27)42(54)49-21-20-44(47,48)34-16-13-30(14-17-34)37-19-7-28(23-39(37)46)22-35-18-15-33(26-51-35)43(55)52-41-24-40(53-56-41)31-11-9-29(10-12-31)36-4-2-3-5-38(36)45/h2-19,23-26H,20-22H2,1H3,(H,49,54)(H,52,55). The second-order valence-corrected chi connectivity index (χ2v) is 13.1. The van der Waals surface area contributed by atoms with Crippen molar-refractivity contribution in [2.24, 2.45) is 0 Å². The molecule has 0 aliphatic carbocycles. The Morgan fingerprint density at radius 3 is 2.04 bits per heavy atom. The molecule has 0 saturated carbocycles. The number of hydrogen-bond acceptors (Lipinski definition) is 6. The van der Waals surface area contributed by atoms with E-state index in [2.05, 4.69) is 25.8 Å². The highest BCUT2D eigenvalue weighted by Gasteiger charge is 2.31. The molecule has 3 heterocycles. The maximum Gasteiger partial charge on any atom is 0.274 e. The number of hydrogen-bond donors (Lipinski definition) is 2. The van der Waals surface area contributed by atoms with Crippen LogP contribution in [0.2, 0.25) is 0 Å². The Bertz CT molecular complexity index is 2490. The summed E-state index contributed by atoms with van der Waals surface area (Å²) in [6.07, 6.45) is 2.46. The topological polar surface area (TPSA) is 110 Å². The number of carbonyl (C=O) groups excluding carboxylic acids is 2. The van der Waals surface area contributed by atoms with Crippen LogP contribution in [-0.2, 0) is 12.3 Å². The van der Waals surface area contributed by atoms with Gasteiger partial charge in [0, 0.05) is 71.5 Å². The van der Waals surface area contributed by atoms with Crippen LogP contribution in [0.25, 0.3) is 33.5 Å². The molecule has 2 N–H and O–H groups in total. The molecule has 0 aliphatic rings. The molecule has 0 atom stereocenters. The van der Waals surface area contributed by atoms with Gasteiger partial charge in [-0.2, -0.15) is 0 Å². The Morgan fingerprint density at radius 1 is 0.696 bits per heavy atom. The number of benzene rings is 4. The molecule has 56 heavy (non-hydrogen) atoms. The van der Waals surface area contributed by atoms with Gasteiger partial charge in [0.2, 0.25) is 5.88 Å². The molecular formula is C44H33F4N5O3. The Balaban J connectivity index is 0.917. The highest BCUT2D eigenvalue weighted by Crippen LogP contribution is 2.34. The van der Waals surface area contributed by atoms with Crippen molar-refractivity contribution in [3.63, 3.8) is 0 Å². The van der Waals surface area contributed by atoms with E-state index < -0.39 is 30.0 Å². The van der Waals surface area contributed by atoms with Crippen LogP contribution in [0, 0.1) is 18.6 Å². The lowest BCUT2D eigenvalue weighted by molar-refractivity contribution is -0.0123. The van der Waals surface area contributed by atoms with E-state index in [1.165, 1.54) is 48.8 Å². The zero-order valence-corrected chi connectivity index (χ0v) is 29.9. The van der Waals surface area contributed by atoms with Gasteiger partial charge < -0.3 is 9.84 Å². The van der Waals surface area contributed by atoms with E-state index in [1.54, 1.807) is 91.9 Å². The van der Waals surface area contributed by atoms with Crippen molar-refractivity contribution in [3.8, 4) is 33.5 Å². The summed E-state index contributed by atoms with van der Waals surface area (Å²) in [6.45, 7) is 1.53. The van der Waals surface area contributed by atoms with E-state index >= 15 is 4.39 Å². The number of amides is 2. The minimum Gasteiger partial charge on any atom is -0.352 e. The third-order valence-electron chi connectivity index (χ3n) is 9.13. The molecule has 0 saturated heterocycles. The van der Waals surface area contributed by atoms with E-state index in [4.69, 9.17) is 4.52 Å². The third kappa shape index (κ3) is 8.71. The van der Waals surface area contributed by atoms with Crippen molar-refractivity contribution in [2.75, 3.05) is 11.9 Å². The minimum atomic E-state index is -3.22. The molecule has 0 radical (unpaired) electrons. The molecule has 0 aliphatic heterocycles. The molecule has 12 heteroatoms. The van der Waals surface area contributed by atoms with Crippen LogP contribution in [0.1, 0.15) is 49.7 Å². The maximum atomic E-state index is 15.3. The van der Waals surface area contributed by atoms with Gasteiger partial charge >= 0.3 is 0 Å². The molecule has 280 valence electrons. The number of nitrogens with zero attached hydrogens (tertiary/aromatic N) is 3. The van der Waals surface area contributed by atoms with Crippen molar-refractivity contribution >= 4 is 17.7 Å². The number of nitrogens with one attached hydrogen (secondary N) is 2. The van der Waals surface area contributed by atoms with E-state index in [-0.39, 0.29) is 46.9 Å². The Labute approximate surface area is 319 Å². The fourth-order valence-corrected chi connectivity index (χ4v) is 6.02. The lowest BCUT2D eigenvalue weighted by Gasteiger charge is -2.18. The molecule has 0 unspecified atom stereocenters. The zero-order valence-electron chi connectivity index (χ0n) is 29.9. The number of rotatable bonds is 12. The average Bonchev–Trinajstić information content (AvgIpc) is 3.67. The summed E-state index contributed by atoms with van der Waals surface area (Å²) in [6, 6.07) is 31.8. The summed E-state index contributed by atoms with van der Waals surface area (Å²) in [7, 11) is 0. The zero-order chi connectivity index (χ0) is 39.2. The largest absolute Gasteiger partial charge is 0.352 e. The predicted molar refractivity (Wildman–Crippen MR) is 204 cm³/mol. The van der Waals surface area contributed by atoms with Gasteiger partial charge in [-0.3, -0.25) is 24.9 Å². The Morgan fingerprint density at radius 2 is 1.36 bits per heavy atom. The predicted octanol–water partition coefficient (Wildman–Crippen LogP) is 9.81. The quantitative estimate of drug-likeness (QED) is 0.120. The molecule has 0 bridgehead atoms. The normalized spacial score (nSPS) is 11.3.